The normalized spacial score (nSPS) is 24.8. The summed E-state index contributed by atoms with van der Waals surface area (Å²) < 4.78 is 11.9. The van der Waals surface area contributed by atoms with E-state index >= 15 is 0 Å². The molecule has 182 valence electrons. The van der Waals surface area contributed by atoms with Gasteiger partial charge in [0.1, 0.15) is 12.1 Å². The van der Waals surface area contributed by atoms with Crippen LogP contribution in [0.2, 0.25) is 0 Å². The predicted octanol–water partition coefficient (Wildman–Crippen LogP) is 2.79. The second-order valence-electron chi connectivity index (χ2n) is 10.0. The van der Waals surface area contributed by atoms with Gasteiger partial charge in [-0.05, 0) is 62.9 Å². The van der Waals surface area contributed by atoms with Crippen molar-refractivity contribution in [3.05, 3.63) is 47.4 Å². The third kappa shape index (κ3) is 4.38. The summed E-state index contributed by atoms with van der Waals surface area (Å²) in [5, 5.41) is 0. The average Bonchev–Trinajstić information content (AvgIpc) is 3.45. The van der Waals surface area contributed by atoms with Crippen LogP contribution >= 0.6 is 0 Å². The van der Waals surface area contributed by atoms with Gasteiger partial charge in [-0.3, -0.25) is 9.00 Å². The van der Waals surface area contributed by atoms with Crippen molar-refractivity contribution < 1.29 is 9.00 Å². The maximum atomic E-state index is 13.9. The predicted molar refractivity (Wildman–Crippen MR) is 135 cm³/mol. The van der Waals surface area contributed by atoms with Crippen molar-refractivity contribution in [3.63, 3.8) is 0 Å². The summed E-state index contributed by atoms with van der Waals surface area (Å²) >= 11 is 0. The Morgan fingerprint density at radius 2 is 1.79 bits per heavy atom. The lowest BCUT2D eigenvalue weighted by molar-refractivity contribution is -0.134. The molecule has 8 heteroatoms. The van der Waals surface area contributed by atoms with Crippen molar-refractivity contribution >= 4 is 22.5 Å². The number of carbonyl (C=O) groups excluding carboxylic acids is 1. The minimum absolute atomic E-state index is 0.193. The zero-order valence-electron chi connectivity index (χ0n) is 20.4. The molecule has 7 nitrogen and oxygen atoms in total. The topological polar surface area (TPSA) is 69.6 Å². The van der Waals surface area contributed by atoms with Gasteiger partial charge in [0.25, 0.3) is 0 Å². The van der Waals surface area contributed by atoms with Crippen LogP contribution < -0.4 is 4.90 Å². The minimum atomic E-state index is -1.02. The maximum absolute atomic E-state index is 13.9. The third-order valence-corrected chi connectivity index (χ3v) is 8.88. The van der Waals surface area contributed by atoms with E-state index < -0.39 is 10.8 Å². The van der Waals surface area contributed by atoms with E-state index in [4.69, 9.17) is 0 Å². The monoisotopic (exact) mass is 481 g/mol. The number of nitrogens with zero attached hydrogens (tertiary/aromatic N) is 5. The van der Waals surface area contributed by atoms with Crippen LogP contribution in [0.1, 0.15) is 54.8 Å². The number of anilines is 1. The molecule has 2 aliphatic heterocycles. The van der Waals surface area contributed by atoms with E-state index in [1.807, 2.05) is 29.2 Å². The molecule has 5 rings (SSSR count). The Bertz CT molecular complexity index is 1070. The Labute approximate surface area is 205 Å². The number of hydrogen-bond donors (Lipinski definition) is 0. The van der Waals surface area contributed by atoms with Crippen molar-refractivity contribution in [1.82, 2.24) is 19.8 Å². The number of rotatable bonds is 5. The number of aryl methyl sites for hydroxylation is 1. The highest BCUT2D eigenvalue weighted by Crippen LogP contribution is 2.38. The quantitative estimate of drug-likeness (QED) is 0.654. The van der Waals surface area contributed by atoms with Gasteiger partial charge in [-0.25, -0.2) is 9.97 Å². The van der Waals surface area contributed by atoms with Crippen molar-refractivity contribution in [1.29, 1.82) is 0 Å². The molecule has 1 aromatic carbocycles. The molecule has 0 N–H and O–H groups in total. The molecule has 2 fully saturated rings. The number of amides is 1. The molecule has 1 aromatic heterocycles. The third-order valence-electron chi connectivity index (χ3n) is 7.94. The molecule has 3 aliphatic rings. The number of carbonyl (C=O) groups is 1. The summed E-state index contributed by atoms with van der Waals surface area (Å²) in [5.74, 6) is 1.58. The van der Waals surface area contributed by atoms with Crippen LogP contribution in [-0.4, -0.2) is 82.0 Å². The van der Waals surface area contributed by atoms with E-state index in [2.05, 4.69) is 33.7 Å². The van der Waals surface area contributed by atoms with Gasteiger partial charge >= 0.3 is 0 Å². The average molecular weight is 482 g/mol. The molecule has 2 aromatic rings. The van der Waals surface area contributed by atoms with E-state index in [1.54, 1.807) is 12.6 Å². The van der Waals surface area contributed by atoms with Crippen molar-refractivity contribution in [2.45, 2.75) is 55.4 Å². The number of fused-ring (bicyclic) bond motifs is 1. The number of aromatic nitrogens is 2. The Hall–Kier alpha value is -2.32. The van der Waals surface area contributed by atoms with Crippen LogP contribution in [-0.2, 0) is 22.0 Å². The highest BCUT2D eigenvalue weighted by molar-refractivity contribution is 7.84. The van der Waals surface area contributed by atoms with Gasteiger partial charge < -0.3 is 14.7 Å². The second kappa shape index (κ2) is 9.74. The van der Waals surface area contributed by atoms with Crippen LogP contribution in [0.25, 0.3) is 0 Å². The molecule has 0 radical (unpaired) electrons. The minimum Gasteiger partial charge on any atom is -0.353 e. The summed E-state index contributed by atoms with van der Waals surface area (Å²) in [6.45, 7) is 6.29. The molecule has 1 aliphatic carbocycles. The van der Waals surface area contributed by atoms with Crippen molar-refractivity contribution in [2.75, 3.05) is 50.9 Å². The van der Waals surface area contributed by atoms with Gasteiger partial charge in [-0.2, -0.15) is 0 Å². The Morgan fingerprint density at radius 3 is 2.44 bits per heavy atom. The fourth-order valence-electron chi connectivity index (χ4n) is 5.96. The number of piperazine rings is 1. The molecule has 3 heterocycles. The van der Waals surface area contributed by atoms with Gasteiger partial charge in [0.05, 0.1) is 5.92 Å². The fraction of sp³-hybridized carbons (Fsp3) is 0.577. The molecule has 2 saturated heterocycles. The molecular formula is C26H35N5O2S. The van der Waals surface area contributed by atoms with Crippen molar-refractivity contribution in [2.24, 2.45) is 0 Å². The van der Waals surface area contributed by atoms with E-state index in [9.17, 15) is 9.00 Å². The summed E-state index contributed by atoms with van der Waals surface area (Å²) in [6, 6.07) is 8.04. The van der Waals surface area contributed by atoms with E-state index in [1.165, 1.54) is 11.3 Å². The lowest BCUT2D eigenvalue weighted by atomic mass is 9.88. The lowest BCUT2D eigenvalue weighted by Gasteiger charge is -2.39. The first-order valence-electron chi connectivity index (χ1n) is 12.4. The Kier molecular flexibility index (Phi) is 6.71. The molecule has 34 heavy (non-hydrogen) atoms. The smallest absolute Gasteiger partial charge is 0.231 e. The van der Waals surface area contributed by atoms with Gasteiger partial charge in [0, 0.05) is 65.4 Å². The molecule has 4 unspecified atom stereocenters. The summed E-state index contributed by atoms with van der Waals surface area (Å²) in [4.78, 5) is 30.6. The molecule has 0 spiro atoms. The Morgan fingerprint density at radius 1 is 1.06 bits per heavy atom. The van der Waals surface area contributed by atoms with Crippen LogP contribution in [0.4, 0.5) is 5.82 Å². The van der Waals surface area contributed by atoms with Gasteiger partial charge in [-0.1, -0.05) is 19.1 Å². The zero-order chi connectivity index (χ0) is 23.8. The first-order chi connectivity index (χ1) is 16.4. The van der Waals surface area contributed by atoms with Crippen molar-refractivity contribution in [3.8, 4) is 0 Å². The Balaban J connectivity index is 1.34. The highest BCUT2D eigenvalue weighted by atomic mass is 32.2. The first-order valence-corrected chi connectivity index (χ1v) is 14.0. The number of likely N-dealkylation sites (tertiary alicyclic amines) is 1. The highest BCUT2D eigenvalue weighted by Gasteiger charge is 2.39. The molecule has 1 amide bonds. The SMILES string of the molecule is CC1CCc2ncnc(N3CCN(C(=O)C(c4ccc(S(C)=O)cc4)C4CCCN4C)CC3)c21. The largest absolute Gasteiger partial charge is 0.353 e. The summed E-state index contributed by atoms with van der Waals surface area (Å²) in [5.41, 5.74) is 3.53. The van der Waals surface area contributed by atoms with Crippen LogP contribution in [0.3, 0.4) is 0 Å². The molecular weight excluding hydrogens is 446 g/mol. The maximum Gasteiger partial charge on any atom is 0.231 e. The number of likely N-dealkylation sites (N-methyl/N-ethyl adjacent to an activating group) is 1. The molecule has 0 saturated carbocycles. The number of benzene rings is 1. The summed E-state index contributed by atoms with van der Waals surface area (Å²) in [6.07, 6.45) is 7.70. The molecule has 0 bridgehead atoms. The first kappa shape index (κ1) is 23.4. The second-order valence-corrected chi connectivity index (χ2v) is 11.4. The van der Waals surface area contributed by atoms with Crippen LogP contribution in [0, 0.1) is 0 Å². The fourth-order valence-corrected chi connectivity index (χ4v) is 6.48. The number of hydrogen-bond acceptors (Lipinski definition) is 6. The van der Waals surface area contributed by atoms with Crippen LogP contribution in [0.5, 0.6) is 0 Å². The van der Waals surface area contributed by atoms with Crippen LogP contribution in [0.15, 0.2) is 35.5 Å². The molecule has 4 atom stereocenters. The van der Waals surface area contributed by atoms with E-state index in [0.717, 1.165) is 61.6 Å². The van der Waals surface area contributed by atoms with E-state index in [-0.39, 0.29) is 17.9 Å². The van der Waals surface area contributed by atoms with Gasteiger partial charge in [0.15, 0.2) is 0 Å². The standard InChI is InChI=1S/C26H35N5O2S/c1-18-6-11-21-23(18)25(28-17-27-21)30-13-15-31(16-14-30)26(32)24(22-5-4-12-29(22)2)19-7-9-20(10-8-19)34(3)33/h7-10,17-18,22,24H,4-6,11-16H2,1-3H3. The van der Waals surface area contributed by atoms with Gasteiger partial charge in [0.2, 0.25) is 5.91 Å². The summed E-state index contributed by atoms with van der Waals surface area (Å²) in [7, 11) is 1.11. The van der Waals surface area contributed by atoms with E-state index in [0.29, 0.717) is 19.0 Å². The van der Waals surface area contributed by atoms with Gasteiger partial charge in [-0.15, -0.1) is 0 Å². The lowest BCUT2D eigenvalue weighted by Crippen LogP contribution is -2.52. The zero-order valence-corrected chi connectivity index (χ0v) is 21.3.